The number of likely N-dealkylation sites (tertiary alicyclic amines) is 1. The molecule has 1 aliphatic rings. The van der Waals surface area contributed by atoms with Crippen molar-refractivity contribution in [1.29, 1.82) is 0 Å². The van der Waals surface area contributed by atoms with Crippen molar-refractivity contribution < 1.29 is 19.0 Å². The summed E-state index contributed by atoms with van der Waals surface area (Å²) in [6.07, 6.45) is 1.50. The van der Waals surface area contributed by atoms with Gasteiger partial charge in [-0.1, -0.05) is 12.1 Å². The molecule has 4 rings (SSSR count). The predicted molar refractivity (Wildman–Crippen MR) is 98.4 cm³/mol. The molecule has 0 aliphatic carbocycles. The van der Waals surface area contributed by atoms with Gasteiger partial charge in [0.25, 0.3) is 0 Å². The lowest BCUT2D eigenvalue weighted by Gasteiger charge is -2.37. The molecule has 2 aromatic carbocycles. The first-order valence-corrected chi connectivity index (χ1v) is 8.89. The highest BCUT2D eigenvalue weighted by Crippen LogP contribution is 2.34. The summed E-state index contributed by atoms with van der Waals surface area (Å²) in [5.74, 6) is 0.552. The van der Waals surface area contributed by atoms with Crippen molar-refractivity contribution in [3.8, 4) is 5.75 Å². The molecular weight excluding hydrogens is 349 g/mol. The van der Waals surface area contributed by atoms with Gasteiger partial charge in [0.2, 0.25) is 0 Å². The molecule has 0 unspecified atom stereocenters. The van der Waals surface area contributed by atoms with E-state index in [9.17, 15) is 14.3 Å². The number of piperidine rings is 1. The van der Waals surface area contributed by atoms with Crippen molar-refractivity contribution in [1.82, 2.24) is 15.1 Å². The van der Waals surface area contributed by atoms with Gasteiger partial charge in [0, 0.05) is 24.4 Å². The van der Waals surface area contributed by atoms with Gasteiger partial charge < -0.3 is 14.7 Å². The minimum absolute atomic E-state index is 0.0136. The number of amides is 1. The van der Waals surface area contributed by atoms with Gasteiger partial charge in [-0.05, 0) is 48.2 Å². The molecule has 7 heteroatoms. The molecule has 0 saturated carbocycles. The Morgan fingerprint density at radius 3 is 2.89 bits per heavy atom. The number of rotatable bonds is 4. The number of aromatic amines is 1. The largest absolute Gasteiger partial charge is 0.493 e. The Hall–Kier alpha value is -3.09. The molecule has 1 aliphatic heterocycles. The van der Waals surface area contributed by atoms with Crippen LogP contribution in [0.1, 0.15) is 17.9 Å². The molecule has 2 heterocycles. The number of H-pyrrole nitrogens is 1. The first kappa shape index (κ1) is 17.3. The number of aromatic nitrogens is 2. The first-order chi connectivity index (χ1) is 13.1. The van der Waals surface area contributed by atoms with Crippen LogP contribution in [-0.2, 0) is 0 Å². The number of nitrogens with one attached hydrogen (secondary N) is 1. The Kier molecular flexibility index (Phi) is 4.66. The molecule has 0 radical (unpaired) electrons. The molecular formula is C20H20FN3O3. The summed E-state index contributed by atoms with van der Waals surface area (Å²) < 4.78 is 19.3. The number of fused-ring (bicyclic) bond motifs is 1. The standard InChI is InChI=1S/C20H20FN3O3/c21-16-3-1-13(2-4-16)18-7-8-24(20(25)26)11-15(18)12-27-17-5-6-19-14(9-17)10-22-23-19/h1-6,9-10,15,18H,7-8,11-12H2,(H,22,23)(H,25,26)/t15-,18-/m0/s1. The van der Waals surface area contributed by atoms with E-state index in [1.54, 1.807) is 18.3 Å². The summed E-state index contributed by atoms with van der Waals surface area (Å²) in [7, 11) is 0. The third-order valence-electron chi connectivity index (χ3n) is 5.18. The number of nitrogens with zero attached hydrogens (tertiary/aromatic N) is 2. The zero-order valence-electron chi connectivity index (χ0n) is 14.6. The molecule has 0 spiro atoms. The highest BCUT2D eigenvalue weighted by Gasteiger charge is 2.33. The van der Waals surface area contributed by atoms with E-state index in [-0.39, 0.29) is 17.7 Å². The number of carboxylic acid groups (broad SMARTS) is 1. The van der Waals surface area contributed by atoms with Crippen LogP contribution < -0.4 is 4.74 Å². The van der Waals surface area contributed by atoms with Crippen molar-refractivity contribution >= 4 is 17.0 Å². The third kappa shape index (κ3) is 3.72. The van der Waals surface area contributed by atoms with Gasteiger partial charge in [-0.25, -0.2) is 9.18 Å². The smallest absolute Gasteiger partial charge is 0.407 e. The van der Waals surface area contributed by atoms with Crippen molar-refractivity contribution in [3.63, 3.8) is 0 Å². The van der Waals surface area contributed by atoms with E-state index in [4.69, 9.17) is 4.74 Å². The normalized spacial score (nSPS) is 20.0. The summed E-state index contributed by atoms with van der Waals surface area (Å²) in [6, 6.07) is 12.1. The minimum atomic E-state index is -0.919. The third-order valence-corrected chi connectivity index (χ3v) is 5.18. The SMILES string of the molecule is O=C(O)N1CC[C@@H](c2ccc(F)cc2)[C@H](COc2ccc3[nH]ncc3c2)C1. The maximum atomic E-state index is 13.3. The summed E-state index contributed by atoms with van der Waals surface area (Å²) in [6.45, 7) is 1.25. The van der Waals surface area contributed by atoms with Crippen molar-refractivity contribution in [2.75, 3.05) is 19.7 Å². The summed E-state index contributed by atoms with van der Waals surface area (Å²) >= 11 is 0. The Balaban J connectivity index is 1.52. The lowest BCUT2D eigenvalue weighted by atomic mass is 9.81. The zero-order chi connectivity index (χ0) is 18.8. The minimum Gasteiger partial charge on any atom is -0.493 e. The second kappa shape index (κ2) is 7.26. The fraction of sp³-hybridized carbons (Fsp3) is 0.300. The van der Waals surface area contributed by atoms with E-state index in [1.807, 2.05) is 18.2 Å². The highest BCUT2D eigenvalue weighted by molar-refractivity contribution is 5.79. The fourth-order valence-electron chi connectivity index (χ4n) is 3.74. The molecule has 1 aromatic heterocycles. The molecule has 2 N–H and O–H groups in total. The summed E-state index contributed by atoms with van der Waals surface area (Å²) in [5, 5.41) is 17.2. The van der Waals surface area contributed by atoms with Crippen LogP contribution in [0.5, 0.6) is 5.75 Å². The number of benzene rings is 2. The molecule has 6 nitrogen and oxygen atoms in total. The van der Waals surface area contributed by atoms with Crippen LogP contribution in [0.3, 0.4) is 0 Å². The van der Waals surface area contributed by atoms with Gasteiger partial charge in [0.15, 0.2) is 0 Å². The predicted octanol–water partition coefficient (Wildman–Crippen LogP) is 3.86. The number of carbonyl (C=O) groups is 1. The van der Waals surface area contributed by atoms with Crippen LogP contribution in [0, 0.1) is 11.7 Å². The van der Waals surface area contributed by atoms with Crippen molar-refractivity contribution in [2.24, 2.45) is 5.92 Å². The topological polar surface area (TPSA) is 78.5 Å². The quantitative estimate of drug-likeness (QED) is 0.732. The van der Waals surface area contributed by atoms with E-state index in [0.717, 1.165) is 16.5 Å². The van der Waals surface area contributed by atoms with Crippen LogP contribution in [0.4, 0.5) is 9.18 Å². The second-order valence-electron chi connectivity index (χ2n) is 6.87. The van der Waals surface area contributed by atoms with Crippen LogP contribution >= 0.6 is 0 Å². The Labute approximate surface area is 155 Å². The molecule has 1 fully saturated rings. The number of ether oxygens (including phenoxy) is 1. The maximum Gasteiger partial charge on any atom is 0.407 e. The maximum absolute atomic E-state index is 13.3. The highest BCUT2D eigenvalue weighted by atomic mass is 19.1. The van der Waals surface area contributed by atoms with Crippen molar-refractivity contribution in [2.45, 2.75) is 12.3 Å². The number of halogens is 1. The molecule has 27 heavy (non-hydrogen) atoms. The van der Waals surface area contributed by atoms with E-state index < -0.39 is 6.09 Å². The Bertz CT molecular complexity index is 941. The van der Waals surface area contributed by atoms with E-state index in [1.165, 1.54) is 17.0 Å². The summed E-state index contributed by atoms with van der Waals surface area (Å²) in [5.41, 5.74) is 1.95. The second-order valence-corrected chi connectivity index (χ2v) is 6.87. The lowest BCUT2D eigenvalue weighted by molar-refractivity contribution is 0.0938. The van der Waals surface area contributed by atoms with Gasteiger partial charge in [-0.3, -0.25) is 5.10 Å². The molecule has 3 aromatic rings. The molecule has 1 saturated heterocycles. The first-order valence-electron chi connectivity index (χ1n) is 8.89. The zero-order valence-corrected chi connectivity index (χ0v) is 14.6. The van der Waals surface area contributed by atoms with Crippen molar-refractivity contribution in [3.05, 3.63) is 60.0 Å². The van der Waals surface area contributed by atoms with Crippen LogP contribution in [0.25, 0.3) is 10.9 Å². The van der Waals surface area contributed by atoms with Crippen LogP contribution in [-0.4, -0.2) is 46.0 Å². The molecule has 1 amide bonds. The van der Waals surface area contributed by atoms with Crippen LogP contribution in [0.15, 0.2) is 48.7 Å². The Morgan fingerprint density at radius 2 is 2.11 bits per heavy atom. The van der Waals surface area contributed by atoms with E-state index >= 15 is 0 Å². The average molecular weight is 369 g/mol. The van der Waals surface area contributed by atoms with E-state index in [0.29, 0.717) is 31.9 Å². The van der Waals surface area contributed by atoms with Gasteiger partial charge >= 0.3 is 6.09 Å². The molecule has 2 atom stereocenters. The lowest BCUT2D eigenvalue weighted by Crippen LogP contribution is -2.44. The van der Waals surface area contributed by atoms with Gasteiger partial charge in [0.05, 0.1) is 18.3 Å². The fourth-order valence-corrected chi connectivity index (χ4v) is 3.74. The van der Waals surface area contributed by atoms with Gasteiger partial charge in [0.1, 0.15) is 11.6 Å². The van der Waals surface area contributed by atoms with Gasteiger partial charge in [-0.2, -0.15) is 5.10 Å². The number of hydrogen-bond donors (Lipinski definition) is 2. The Morgan fingerprint density at radius 1 is 1.30 bits per heavy atom. The number of hydrogen-bond acceptors (Lipinski definition) is 3. The van der Waals surface area contributed by atoms with E-state index in [2.05, 4.69) is 10.2 Å². The van der Waals surface area contributed by atoms with Gasteiger partial charge in [-0.15, -0.1) is 0 Å². The average Bonchev–Trinajstić information content (AvgIpc) is 3.14. The molecule has 140 valence electrons. The monoisotopic (exact) mass is 369 g/mol. The van der Waals surface area contributed by atoms with Crippen LogP contribution in [0.2, 0.25) is 0 Å². The summed E-state index contributed by atoms with van der Waals surface area (Å²) in [4.78, 5) is 12.8. The molecule has 0 bridgehead atoms.